The Balaban J connectivity index is 1.51. The summed E-state index contributed by atoms with van der Waals surface area (Å²) >= 11 is 1.26. The first-order valence-corrected chi connectivity index (χ1v) is 10.3. The molecule has 0 bridgehead atoms. The third-order valence-electron chi connectivity index (χ3n) is 4.39. The average molecular weight is 412 g/mol. The molecule has 0 aliphatic rings. The van der Waals surface area contributed by atoms with Gasteiger partial charge in [0, 0.05) is 12.1 Å². The number of rotatable bonds is 8. The van der Waals surface area contributed by atoms with Gasteiger partial charge in [-0.1, -0.05) is 41.1 Å². The first kappa shape index (κ1) is 20.9. The van der Waals surface area contributed by atoms with Crippen LogP contribution in [0.25, 0.3) is 11.5 Å². The van der Waals surface area contributed by atoms with Gasteiger partial charge in [-0.2, -0.15) is 0 Å². The Bertz CT molecular complexity index is 949. The van der Waals surface area contributed by atoms with Crippen molar-refractivity contribution in [1.82, 2.24) is 15.5 Å². The summed E-state index contributed by atoms with van der Waals surface area (Å²) in [5.74, 6) is 1.23. The van der Waals surface area contributed by atoms with Crippen molar-refractivity contribution in [2.24, 2.45) is 0 Å². The Morgan fingerprint density at radius 1 is 1.14 bits per heavy atom. The van der Waals surface area contributed by atoms with Gasteiger partial charge in [-0.05, 0) is 57.0 Å². The number of ether oxygens (including phenoxy) is 1. The Morgan fingerprint density at radius 2 is 1.83 bits per heavy atom. The van der Waals surface area contributed by atoms with Crippen LogP contribution >= 0.6 is 11.8 Å². The molecule has 152 valence electrons. The van der Waals surface area contributed by atoms with E-state index in [0.717, 1.165) is 34.4 Å². The zero-order valence-corrected chi connectivity index (χ0v) is 17.9. The number of amides is 1. The number of aryl methyl sites for hydroxylation is 2. The summed E-state index contributed by atoms with van der Waals surface area (Å²) in [6.45, 7) is 6.45. The fraction of sp³-hybridized carbons (Fsp3) is 0.318. The van der Waals surface area contributed by atoms with Gasteiger partial charge in [0.2, 0.25) is 11.8 Å². The van der Waals surface area contributed by atoms with Crippen LogP contribution in [0.5, 0.6) is 5.75 Å². The fourth-order valence-corrected chi connectivity index (χ4v) is 3.65. The summed E-state index contributed by atoms with van der Waals surface area (Å²) < 4.78 is 10.9. The molecule has 6 nitrogen and oxygen atoms in total. The molecule has 29 heavy (non-hydrogen) atoms. The molecule has 0 spiro atoms. The maximum absolute atomic E-state index is 12.4. The number of hydrogen-bond acceptors (Lipinski definition) is 6. The Labute approximate surface area is 175 Å². The highest BCUT2D eigenvalue weighted by Crippen LogP contribution is 2.27. The molecule has 0 radical (unpaired) electrons. The van der Waals surface area contributed by atoms with Gasteiger partial charge in [-0.15, -0.1) is 10.2 Å². The lowest BCUT2D eigenvalue weighted by molar-refractivity contribution is -0.120. The quantitative estimate of drug-likeness (QED) is 0.560. The van der Waals surface area contributed by atoms with Crippen molar-refractivity contribution in [1.29, 1.82) is 0 Å². The molecule has 0 saturated heterocycles. The Morgan fingerprint density at radius 3 is 2.48 bits per heavy atom. The second-order valence-corrected chi connectivity index (χ2v) is 8.19. The highest BCUT2D eigenvalue weighted by atomic mass is 32.2. The van der Waals surface area contributed by atoms with E-state index in [-0.39, 0.29) is 11.2 Å². The number of methoxy groups -OCH3 is 1. The van der Waals surface area contributed by atoms with Gasteiger partial charge < -0.3 is 14.5 Å². The molecule has 1 N–H and O–H groups in total. The first-order chi connectivity index (χ1) is 13.9. The first-order valence-electron chi connectivity index (χ1n) is 9.44. The minimum atomic E-state index is -0.335. The van der Waals surface area contributed by atoms with Crippen molar-refractivity contribution in [2.45, 2.75) is 37.7 Å². The fourth-order valence-electron chi connectivity index (χ4n) is 2.94. The van der Waals surface area contributed by atoms with Crippen molar-refractivity contribution < 1.29 is 13.9 Å². The van der Waals surface area contributed by atoms with Gasteiger partial charge in [0.05, 0.1) is 12.4 Å². The smallest absolute Gasteiger partial charge is 0.277 e. The van der Waals surface area contributed by atoms with E-state index in [1.807, 2.05) is 57.2 Å². The third kappa shape index (κ3) is 5.84. The van der Waals surface area contributed by atoms with Crippen molar-refractivity contribution in [2.75, 3.05) is 13.7 Å². The summed E-state index contributed by atoms with van der Waals surface area (Å²) in [5, 5.41) is 11.2. The molecule has 1 aromatic heterocycles. The Hall–Kier alpha value is -2.80. The normalized spacial score (nSPS) is 11.9. The van der Waals surface area contributed by atoms with Gasteiger partial charge in [-0.3, -0.25) is 4.79 Å². The molecule has 1 atom stereocenters. The molecule has 7 heteroatoms. The highest BCUT2D eigenvalue weighted by Gasteiger charge is 2.18. The van der Waals surface area contributed by atoms with Gasteiger partial charge in [0.15, 0.2) is 0 Å². The lowest BCUT2D eigenvalue weighted by atomic mass is 10.1. The van der Waals surface area contributed by atoms with Crippen molar-refractivity contribution >= 4 is 17.7 Å². The van der Waals surface area contributed by atoms with E-state index in [1.165, 1.54) is 11.8 Å². The monoisotopic (exact) mass is 411 g/mol. The zero-order valence-electron chi connectivity index (χ0n) is 17.1. The molecule has 2 aromatic carbocycles. The number of benzene rings is 2. The van der Waals surface area contributed by atoms with Crippen LogP contribution in [0.3, 0.4) is 0 Å². The van der Waals surface area contributed by atoms with E-state index in [1.54, 1.807) is 7.11 Å². The average Bonchev–Trinajstić information content (AvgIpc) is 3.16. The number of nitrogens with one attached hydrogen (secondary N) is 1. The molecule has 0 aliphatic carbocycles. The van der Waals surface area contributed by atoms with E-state index < -0.39 is 0 Å². The number of hydrogen-bond donors (Lipinski definition) is 1. The highest BCUT2D eigenvalue weighted by molar-refractivity contribution is 8.00. The molecule has 0 fully saturated rings. The van der Waals surface area contributed by atoms with Crippen LogP contribution < -0.4 is 10.1 Å². The topological polar surface area (TPSA) is 77.2 Å². The predicted molar refractivity (Wildman–Crippen MR) is 114 cm³/mol. The van der Waals surface area contributed by atoms with E-state index in [4.69, 9.17) is 9.15 Å². The minimum absolute atomic E-state index is 0.0605. The second kappa shape index (κ2) is 9.60. The molecule has 1 heterocycles. The van der Waals surface area contributed by atoms with Gasteiger partial charge in [-0.25, -0.2) is 0 Å². The van der Waals surface area contributed by atoms with Gasteiger partial charge in [0.1, 0.15) is 5.75 Å². The number of nitrogens with zero attached hydrogens (tertiary/aromatic N) is 2. The number of aromatic nitrogens is 2. The molecule has 0 aliphatic heterocycles. The van der Waals surface area contributed by atoms with Crippen LogP contribution in [-0.4, -0.2) is 35.0 Å². The summed E-state index contributed by atoms with van der Waals surface area (Å²) in [5.41, 5.74) is 4.30. The van der Waals surface area contributed by atoms with E-state index in [2.05, 4.69) is 21.6 Å². The van der Waals surface area contributed by atoms with Gasteiger partial charge >= 0.3 is 0 Å². The van der Waals surface area contributed by atoms with Crippen LogP contribution in [0.15, 0.2) is 52.1 Å². The van der Waals surface area contributed by atoms with E-state index in [0.29, 0.717) is 17.7 Å². The van der Waals surface area contributed by atoms with Crippen LogP contribution in [0, 0.1) is 13.8 Å². The lowest BCUT2D eigenvalue weighted by Crippen LogP contribution is -2.32. The largest absolute Gasteiger partial charge is 0.497 e. The predicted octanol–water partition coefficient (Wildman–Crippen LogP) is 4.20. The summed E-state index contributed by atoms with van der Waals surface area (Å²) in [6, 6.07) is 13.9. The number of carbonyl (C=O) groups is 1. The Kier molecular flexibility index (Phi) is 6.93. The summed E-state index contributed by atoms with van der Waals surface area (Å²) in [7, 11) is 1.64. The van der Waals surface area contributed by atoms with Gasteiger partial charge in [0.25, 0.3) is 5.22 Å². The van der Waals surface area contributed by atoms with Crippen LogP contribution in [0.2, 0.25) is 0 Å². The maximum atomic E-state index is 12.4. The van der Waals surface area contributed by atoms with Crippen molar-refractivity contribution in [3.8, 4) is 17.2 Å². The third-order valence-corrected chi connectivity index (χ3v) is 5.33. The second-order valence-electron chi connectivity index (χ2n) is 6.90. The number of carbonyl (C=O) groups excluding carboxylic acids is 1. The molecule has 0 saturated carbocycles. The molecule has 3 rings (SSSR count). The van der Waals surface area contributed by atoms with Crippen LogP contribution in [0.4, 0.5) is 0 Å². The molecular weight excluding hydrogens is 386 g/mol. The van der Waals surface area contributed by atoms with Crippen molar-refractivity contribution in [3.63, 3.8) is 0 Å². The lowest BCUT2D eigenvalue weighted by Gasteiger charge is -2.10. The molecule has 3 aromatic rings. The van der Waals surface area contributed by atoms with E-state index >= 15 is 0 Å². The summed E-state index contributed by atoms with van der Waals surface area (Å²) in [4.78, 5) is 12.4. The zero-order chi connectivity index (χ0) is 20.8. The molecule has 1 amide bonds. The number of thioether (sulfide) groups is 1. The van der Waals surface area contributed by atoms with Crippen molar-refractivity contribution in [3.05, 3.63) is 59.2 Å². The SMILES string of the molecule is COc1ccc(CCNC(=O)[C@@H](C)Sc2nnc(-c3cc(C)cc(C)c3)o2)cc1. The molecule has 0 unspecified atom stereocenters. The van der Waals surface area contributed by atoms with Crippen LogP contribution in [0.1, 0.15) is 23.6 Å². The molecular formula is C22H25N3O3S. The minimum Gasteiger partial charge on any atom is -0.497 e. The van der Waals surface area contributed by atoms with Crippen LogP contribution in [-0.2, 0) is 11.2 Å². The van der Waals surface area contributed by atoms with E-state index in [9.17, 15) is 4.79 Å². The summed E-state index contributed by atoms with van der Waals surface area (Å²) in [6.07, 6.45) is 0.754. The maximum Gasteiger partial charge on any atom is 0.277 e. The standard InChI is InChI=1S/C22H25N3O3S/c1-14-11-15(2)13-18(12-14)21-24-25-22(28-21)29-16(3)20(26)23-10-9-17-5-7-19(27-4)8-6-17/h5-8,11-13,16H,9-10H2,1-4H3,(H,23,26)/t16-/m1/s1.